The van der Waals surface area contributed by atoms with Crippen molar-refractivity contribution in [2.75, 3.05) is 6.54 Å². The summed E-state index contributed by atoms with van der Waals surface area (Å²) < 4.78 is 0. The van der Waals surface area contributed by atoms with E-state index in [1.165, 1.54) is 5.56 Å². The van der Waals surface area contributed by atoms with Crippen molar-refractivity contribution in [1.82, 2.24) is 15.2 Å². The highest BCUT2D eigenvalue weighted by atomic mass is 32.1. The lowest BCUT2D eigenvalue weighted by atomic mass is 10.1. The number of aryl methyl sites for hydroxylation is 1. The van der Waals surface area contributed by atoms with E-state index in [-0.39, 0.29) is 23.8 Å². The fourth-order valence-corrected chi connectivity index (χ4v) is 3.84. The maximum Gasteiger partial charge on any atom is 0.225 e. The monoisotopic (exact) mass is 357 g/mol. The Kier molecular flexibility index (Phi) is 5.18. The maximum absolute atomic E-state index is 12.3. The molecule has 0 spiro atoms. The van der Waals surface area contributed by atoms with Crippen LogP contribution in [0.3, 0.4) is 0 Å². The number of nitrogens with zero attached hydrogens (tertiary/aromatic N) is 2. The van der Waals surface area contributed by atoms with E-state index in [1.807, 2.05) is 31.4 Å². The van der Waals surface area contributed by atoms with Crippen LogP contribution >= 0.6 is 11.3 Å². The van der Waals surface area contributed by atoms with Crippen molar-refractivity contribution in [3.8, 4) is 10.6 Å². The van der Waals surface area contributed by atoms with E-state index in [4.69, 9.17) is 0 Å². The minimum Gasteiger partial charge on any atom is -0.350 e. The van der Waals surface area contributed by atoms with Crippen molar-refractivity contribution in [3.05, 3.63) is 40.9 Å². The van der Waals surface area contributed by atoms with Crippen molar-refractivity contribution in [2.45, 2.75) is 39.8 Å². The van der Waals surface area contributed by atoms with E-state index in [0.717, 1.165) is 16.3 Å². The summed E-state index contributed by atoms with van der Waals surface area (Å²) in [6.45, 7) is 6.91. The summed E-state index contributed by atoms with van der Waals surface area (Å²) in [6.07, 6.45) is 0.301. The number of thiazole rings is 1. The molecule has 25 heavy (non-hydrogen) atoms. The largest absolute Gasteiger partial charge is 0.350 e. The van der Waals surface area contributed by atoms with Gasteiger partial charge in [-0.05, 0) is 26.8 Å². The van der Waals surface area contributed by atoms with Crippen LogP contribution in [0.1, 0.15) is 31.5 Å². The number of rotatable bonds is 5. The molecule has 1 aromatic carbocycles. The van der Waals surface area contributed by atoms with Gasteiger partial charge in [-0.15, -0.1) is 11.3 Å². The molecule has 1 aliphatic heterocycles. The minimum atomic E-state index is -0.259. The lowest BCUT2D eigenvalue weighted by Gasteiger charge is -2.20. The summed E-state index contributed by atoms with van der Waals surface area (Å²) >= 11 is 1.58. The molecule has 1 saturated heterocycles. The minimum absolute atomic E-state index is 0.0607. The summed E-state index contributed by atoms with van der Waals surface area (Å²) in [5, 5.41) is 5.85. The molecule has 132 valence electrons. The summed E-state index contributed by atoms with van der Waals surface area (Å²) in [5.74, 6) is -0.267. The van der Waals surface area contributed by atoms with Gasteiger partial charge >= 0.3 is 0 Å². The van der Waals surface area contributed by atoms with Gasteiger partial charge in [-0.25, -0.2) is 4.98 Å². The Morgan fingerprint density at radius 2 is 2.24 bits per heavy atom. The first kappa shape index (κ1) is 17.6. The Hall–Kier alpha value is -2.21. The third-order valence-electron chi connectivity index (χ3n) is 4.41. The van der Waals surface area contributed by atoms with Crippen LogP contribution in [-0.2, 0) is 16.1 Å². The molecule has 6 heteroatoms. The number of amides is 2. The molecule has 1 N–H and O–H groups in total. The normalized spacial score (nSPS) is 17.4. The highest BCUT2D eigenvalue weighted by molar-refractivity contribution is 7.13. The van der Waals surface area contributed by atoms with Crippen molar-refractivity contribution in [3.63, 3.8) is 0 Å². The van der Waals surface area contributed by atoms with Crippen LogP contribution < -0.4 is 5.32 Å². The van der Waals surface area contributed by atoms with Gasteiger partial charge in [0.2, 0.25) is 11.8 Å². The van der Waals surface area contributed by atoms with Crippen LogP contribution in [0, 0.1) is 12.8 Å². The molecule has 2 heterocycles. The number of aromatic nitrogens is 1. The van der Waals surface area contributed by atoms with E-state index < -0.39 is 0 Å². The Bertz CT molecular complexity index is 784. The lowest BCUT2D eigenvalue weighted by molar-refractivity contribution is -0.130. The Balaban J connectivity index is 1.58. The van der Waals surface area contributed by atoms with Gasteiger partial charge in [0.25, 0.3) is 0 Å². The van der Waals surface area contributed by atoms with Crippen molar-refractivity contribution < 1.29 is 9.59 Å². The van der Waals surface area contributed by atoms with Crippen LogP contribution in [0.25, 0.3) is 10.6 Å². The standard InChI is InChI=1S/C19H23N3O2S/c1-12(2)22-10-15(8-17(22)23)18(24)20-9-16-11-25-19(21-16)14-6-4-5-13(3)7-14/h4-7,11-12,15H,8-10H2,1-3H3,(H,20,24)/t15-/m0/s1. The lowest BCUT2D eigenvalue weighted by Crippen LogP contribution is -2.35. The molecule has 0 radical (unpaired) electrons. The second kappa shape index (κ2) is 7.35. The predicted molar refractivity (Wildman–Crippen MR) is 99.1 cm³/mol. The smallest absolute Gasteiger partial charge is 0.225 e. The van der Waals surface area contributed by atoms with E-state index in [1.54, 1.807) is 16.2 Å². The molecule has 0 aliphatic carbocycles. The van der Waals surface area contributed by atoms with Gasteiger partial charge in [-0.2, -0.15) is 0 Å². The average molecular weight is 357 g/mol. The van der Waals surface area contributed by atoms with Crippen LogP contribution in [0.15, 0.2) is 29.6 Å². The number of carbonyl (C=O) groups excluding carboxylic acids is 2. The molecule has 1 fully saturated rings. The summed E-state index contributed by atoms with van der Waals surface area (Å²) in [4.78, 5) is 30.6. The molecule has 1 atom stereocenters. The first-order valence-electron chi connectivity index (χ1n) is 8.52. The van der Waals surface area contributed by atoms with Crippen LogP contribution in [0.4, 0.5) is 0 Å². The average Bonchev–Trinajstić information content (AvgIpc) is 3.19. The van der Waals surface area contributed by atoms with Crippen molar-refractivity contribution >= 4 is 23.2 Å². The Labute approximate surface area is 152 Å². The summed E-state index contributed by atoms with van der Waals surface area (Å²) in [5.41, 5.74) is 3.14. The molecular formula is C19H23N3O2S. The molecule has 2 aromatic rings. The quantitative estimate of drug-likeness (QED) is 0.895. The zero-order valence-corrected chi connectivity index (χ0v) is 15.6. The molecule has 0 bridgehead atoms. The second-order valence-corrected chi connectivity index (χ2v) is 7.63. The number of benzene rings is 1. The van der Waals surface area contributed by atoms with Gasteiger partial charge < -0.3 is 10.2 Å². The Morgan fingerprint density at radius 1 is 1.44 bits per heavy atom. The van der Waals surface area contributed by atoms with Gasteiger partial charge in [-0.1, -0.05) is 23.8 Å². The van der Waals surface area contributed by atoms with Crippen LogP contribution in [0.2, 0.25) is 0 Å². The molecule has 1 aromatic heterocycles. The second-order valence-electron chi connectivity index (χ2n) is 6.77. The van der Waals surface area contributed by atoms with Gasteiger partial charge in [0.05, 0.1) is 18.2 Å². The fraction of sp³-hybridized carbons (Fsp3) is 0.421. The number of hydrogen-bond donors (Lipinski definition) is 1. The van der Waals surface area contributed by atoms with Crippen molar-refractivity contribution in [2.24, 2.45) is 5.92 Å². The predicted octanol–water partition coefficient (Wildman–Crippen LogP) is 2.99. The third kappa shape index (κ3) is 4.07. The van der Waals surface area contributed by atoms with Gasteiger partial charge in [0.15, 0.2) is 0 Å². The summed E-state index contributed by atoms with van der Waals surface area (Å²) in [6, 6.07) is 8.36. The van der Waals surface area contributed by atoms with Gasteiger partial charge in [0, 0.05) is 30.0 Å². The number of hydrogen-bond acceptors (Lipinski definition) is 4. The third-order valence-corrected chi connectivity index (χ3v) is 5.35. The molecule has 0 unspecified atom stereocenters. The highest BCUT2D eigenvalue weighted by Gasteiger charge is 2.35. The van der Waals surface area contributed by atoms with Crippen LogP contribution in [-0.4, -0.2) is 34.3 Å². The Morgan fingerprint density at radius 3 is 2.92 bits per heavy atom. The zero-order chi connectivity index (χ0) is 18.0. The number of carbonyl (C=O) groups is 2. The van der Waals surface area contributed by atoms with Gasteiger partial charge in [0.1, 0.15) is 5.01 Å². The van der Waals surface area contributed by atoms with E-state index >= 15 is 0 Å². The topological polar surface area (TPSA) is 62.3 Å². The molecule has 3 rings (SSSR count). The van der Waals surface area contributed by atoms with Crippen molar-refractivity contribution in [1.29, 1.82) is 0 Å². The van der Waals surface area contributed by atoms with E-state index in [9.17, 15) is 9.59 Å². The number of likely N-dealkylation sites (tertiary alicyclic amines) is 1. The van der Waals surface area contributed by atoms with E-state index in [2.05, 4.69) is 29.4 Å². The van der Waals surface area contributed by atoms with Gasteiger partial charge in [-0.3, -0.25) is 9.59 Å². The fourth-order valence-electron chi connectivity index (χ4n) is 3.03. The molecule has 5 nitrogen and oxygen atoms in total. The van der Waals surface area contributed by atoms with Crippen LogP contribution in [0.5, 0.6) is 0 Å². The first-order chi connectivity index (χ1) is 11.9. The first-order valence-corrected chi connectivity index (χ1v) is 9.40. The molecule has 1 aliphatic rings. The maximum atomic E-state index is 12.3. The van der Waals surface area contributed by atoms with E-state index in [0.29, 0.717) is 19.5 Å². The molecule has 2 amide bonds. The molecule has 0 saturated carbocycles. The highest BCUT2D eigenvalue weighted by Crippen LogP contribution is 2.25. The molecular weight excluding hydrogens is 334 g/mol. The summed E-state index contributed by atoms with van der Waals surface area (Å²) in [7, 11) is 0. The zero-order valence-electron chi connectivity index (χ0n) is 14.8. The SMILES string of the molecule is Cc1cccc(-c2nc(CNC(=O)[C@H]3CC(=O)N(C(C)C)C3)cs2)c1. The number of nitrogens with one attached hydrogen (secondary N) is 1.